The number of rotatable bonds is 6. The highest BCUT2D eigenvalue weighted by molar-refractivity contribution is 5.88. The average molecular weight is 433 g/mol. The smallest absolute Gasteiger partial charge is 0.335 e. The number of fused-ring (bicyclic) bond motifs is 1. The van der Waals surface area contributed by atoms with Crippen LogP contribution in [0.25, 0.3) is 10.9 Å². The Morgan fingerprint density at radius 2 is 1.94 bits per heavy atom. The number of piperidine rings is 1. The van der Waals surface area contributed by atoms with Crippen molar-refractivity contribution >= 4 is 16.9 Å². The summed E-state index contributed by atoms with van der Waals surface area (Å²) in [6, 6.07) is 12.1. The van der Waals surface area contributed by atoms with Crippen LogP contribution in [0.2, 0.25) is 0 Å². The Morgan fingerprint density at radius 1 is 1.16 bits per heavy atom. The van der Waals surface area contributed by atoms with Crippen LogP contribution >= 0.6 is 0 Å². The minimum Gasteiger partial charge on any atom is -0.496 e. The summed E-state index contributed by atoms with van der Waals surface area (Å²) >= 11 is 0. The van der Waals surface area contributed by atoms with E-state index in [4.69, 9.17) is 4.74 Å². The van der Waals surface area contributed by atoms with Gasteiger partial charge in [-0.3, -0.25) is 4.90 Å². The van der Waals surface area contributed by atoms with Crippen molar-refractivity contribution in [3.8, 4) is 5.75 Å². The zero-order chi connectivity index (χ0) is 22.2. The van der Waals surface area contributed by atoms with Gasteiger partial charge in [0.1, 0.15) is 5.75 Å². The zero-order valence-corrected chi connectivity index (χ0v) is 18.9. The van der Waals surface area contributed by atoms with E-state index in [1.165, 1.54) is 53.3 Å². The monoisotopic (exact) mass is 432 g/mol. The molecule has 2 aromatic carbocycles. The van der Waals surface area contributed by atoms with Gasteiger partial charge in [-0.25, -0.2) is 4.79 Å². The van der Waals surface area contributed by atoms with Crippen molar-refractivity contribution in [3.05, 3.63) is 64.8 Å². The minimum atomic E-state index is -0.872. The van der Waals surface area contributed by atoms with Crippen molar-refractivity contribution in [2.75, 3.05) is 13.7 Å². The van der Waals surface area contributed by atoms with E-state index in [0.29, 0.717) is 5.56 Å². The van der Waals surface area contributed by atoms with E-state index >= 15 is 0 Å². The van der Waals surface area contributed by atoms with Gasteiger partial charge >= 0.3 is 5.97 Å². The molecule has 1 aliphatic carbocycles. The number of likely N-dealkylation sites (tertiary alicyclic amines) is 1. The molecule has 5 rings (SSSR count). The molecule has 0 radical (unpaired) electrons. The number of benzene rings is 2. The Labute approximate surface area is 189 Å². The molecule has 3 aromatic rings. The molecule has 32 heavy (non-hydrogen) atoms. The van der Waals surface area contributed by atoms with Crippen molar-refractivity contribution in [3.63, 3.8) is 0 Å². The lowest BCUT2D eigenvalue weighted by Crippen LogP contribution is -2.39. The molecule has 2 atom stereocenters. The maximum absolute atomic E-state index is 11.4. The Kier molecular flexibility index (Phi) is 5.68. The van der Waals surface area contributed by atoms with Gasteiger partial charge in [0.2, 0.25) is 0 Å². The first-order valence-corrected chi connectivity index (χ1v) is 11.8. The number of nitrogens with zero attached hydrogens (tertiary/aromatic N) is 1. The fourth-order valence-corrected chi connectivity index (χ4v) is 5.75. The van der Waals surface area contributed by atoms with Crippen LogP contribution < -0.4 is 4.74 Å². The van der Waals surface area contributed by atoms with Crippen LogP contribution in [0.1, 0.15) is 65.2 Å². The molecule has 2 aliphatic rings. The molecular formula is C27H32N2O3. The van der Waals surface area contributed by atoms with Crippen LogP contribution in [0.3, 0.4) is 0 Å². The first kappa shape index (κ1) is 21.1. The molecule has 5 nitrogen and oxygen atoms in total. The third kappa shape index (κ3) is 3.79. The molecule has 2 heterocycles. The number of carboxylic acid groups (broad SMARTS) is 1. The Hall–Kier alpha value is -2.79. The summed E-state index contributed by atoms with van der Waals surface area (Å²) < 4.78 is 5.81. The lowest BCUT2D eigenvalue weighted by molar-refractivity contribution is 0.0555. The first-order valence-electron chi connectivity index (χ1n) is 11.8. The minimum absolute atomic E-state index is 0.289. The summed E-state index contributed by atoms with van der Waals surface area (Å²) in [6.45, 7) is 3.98. The number of carboxylic acids is 1. The molecule has 0 bridgehead atoms. The number of aromatic carboxylic acids is 1. The van der Waals surface area contributed by atoms with Crippen molar-refractivity contribution < 1.29 is 14.6 Å². The number of aryl methyl sites for hydroxylation is 1. The van der Waals surface area contributed by atoms with Crippen LogP contribution in [0.15, 0.2) is 42.6 Å². The molecule has 0 spiro atoms. The standard InChI is InChI=1S/C27H32N2O3/c1-17-14-25(32-2)23(22-10-12-28-26(17)22)16-29-13-11-21(18-4-3-5-18)15-24(29)19-6-8-20(9-7-19)27(30)31/h6-10,12,14,18,21,24,28H,3-5,11,13,15-16H2,1-2H3,(H,30,31)/t21?,24-/m0/s1. The normalized spacial score (nSPS) is 22.1. The maximum atomic E-state index is 11.4. The quantitative estimate of drug-likeness (QED) is 0.506. The molecule has 1 aliphatic heterocycles. The second-order valence-corrected chi connectivity index (χ2v) is 9.53. The Balaban J connectivity index is 1.49. The Bertz CT molecular complexity index is 1110. The highest BCUT2D eigenvalue weighted by atomic mass is 16.5. The largest absolute Gasteiger partial charge is 0.496 e. The summed E-state index contributed by atoms with van der Waals surface area (Å²) in [6.07, 6.45) is 8.48. The summed E-state index contributed by atoms with van der Waals surface area (Å²) in [5.41, 5.74) is 5.16. The van der Waals surface area contributed by atoms with E-state index in [9.17, 15) is 9.90 Å². The number of aromatic nitrogens is 1. The van der Waals surface area contributed by atoms with Crippen molar-refractivity contribution in [1.29, 1.82) is 0 Å². The second kappa shape index (κ2) is 8.62. The maximum Gasteiger partial charge on any atom is 0.335 e. The van der Waals surface area contributed by atoms with Gasteiger partial charge in [0.25, 0.3) is 0 Å². The number of carbonyl (C=O) groups is 1. The van der Waals surface area contributed by atoms with Gasteiger partial charge in [0.15, 0.2) is 0 Å². The number of hydrogen-bond donors (Lipinski definition) is 2. The van der Waals surface area contributed by atoms with Gasteiger partial charge < -0.3 is 14.8 Å². The summed E-state index contributed by atoms with van der Waals surface area (Å²) in [4.78, 5) is 17.3. The second-order valence-electron chi connectivity index (χ2n) is 9.53. The summed E-state index contributed by atoms with van der Waals surface area (Å²) in [7, 11) is 1.75. The van der Waals surface area contributed by atoms with E-state index in [1.54, 1.807) is 19.2 Å². The van der Waals surface area contributed by atoms with Crippen LogP contribution in [-0.4, -0.2) is 34.6 Å². The number of nitrogens with one attached hydrogen (secondary N) is 1. The lowest BCUT2D eigenvalue weighted by atomic mass is 9.70. The van der Waals surface area contributed by atoms with Gasteiger partial charge in [-0.2, -0.15) is 0 Å². The van der Waals surface area contributed by atoms with E-state index in [0.717, 1.165) is 37.1 Å². The highest BCUT2D eigenvalue weighted by Gasteiger charge is 2.36. The molecule has 168 valence electrons. The first-order chi connectivity index (χ1) is 15.5. The molecule has 1 aromatic heterocycles. The van der Waals surface area contributed by atoms with Crippen LogP contribution in [0.4, 0.5) is 0 Å². The highest BCUT2D eigenvalue weighted by Crippen LogP contribution is 2.45. The third-order valence-corrected chi connectivity index (χ3v) is 7.81. The molecule has 2 N–H and O–H groups in total. The molecule has 5 heteroatoms. The average Bonchev–Trinajstić information content (AvgIpc) is 3.26. The lowest BCUT2D eigenvalue weighted by Gasteiger charge is -2.45. The molecule has 1 unspecified atom stereocenters. The molecule has 2 fully saturated rings. The molecular weight excluding hydrogens is 400 g/mol. The summed E-state index contributed by atoms with van der Waals surface area (Å²) in [5, 5.41) is 10.5. The van der Waals surface area contributed by atoms with E-state index < -0.39 is 5.97 Å². The number of ether oxygens (including phenoxy) is 1. The fraction of sp³-hybridized carbons (Fsp3) is 0.444. The zero-order valence-electron chi connectivity index (χ0n) is 18.9. The molecule has 1 saturated heterocycles. The van der Waals surface area contributed by atoms with Gasteiger partial charge in [-0.15, -0.1) is 0 Å². The number of aromatic amines is 1. The van der Waals surface area contributed by atoms with E-state index in [2.05, 4.69) is 28.9 Å². The van der Waals surface area contributed by atoms with Crippen LogP contribution in [-0.2, 0) is 6.54 Å². The Morgan fingerprint density at radius 3 is 2.59 bits per heavy atom. The molecule has 0 amide bonds. The molecule has 1 saturated carbocycles. The number of methoxy groups -OCH3 is 1. The van der Waals surface area contributed by atoms with Crippen LogP contribution in [0, 0.1) is 18.8 Å². The number of hydrogen-bond acceptors (Lipinski definition) is 3. The SMILES string of the molecule is COc1cc(C)c2[nH]ccc2c1CN1CCC(C2CCC2)C[C@H]1c1ccc(C(=O)O)cc1. The predicted octanol–water partition coefficient (Wildman–Crippen LogP) is 5.94. The topological polar surface area (TPSA) is 65.6 Å². The fourth-order valence-electron chi connectivity index (χ4n) is 5.75. The van der Waals surface area contributed by atoms with Gasteiger partial charge in [-0.1, -0.05) is 31.4 Å². The predicted molar refractivity (Wildman–Crippen MR) is 126 cm³/mol. The van der Waals surface area contributed by atoms with Crippen molar-refractivity contribution in [2.45, 2.75) is 51.6 Å². The summed E-state index contributed by atoms with van der Waals surface area (Å²) in [5.74, 6) is 1.69. The van der Waals surface area contributed by atoms with Gasteiger partial charge in [-0.05, 0) is 73.5 Å². The van der Waals surface area contributed by atoms with Gasteiger partial charge in [0, 0.05) is 35.2 Å². The van der Waals surface area contributed by atoms with Crippen molar-refractivity contribution in [2.24, 2.45) is 11.8 Å². The van der Waals surface area contributed by atoms with E-state index in [1.807, 2.05) is 18.3 Å². The van der Waals surface area contributed by atoms with Crippen LogP contribution in [0.5, 0.6) is 5.75 Å². The van der Waals surface area contributed by atoms with Gasteiger partial charge in [0.05, 0.1) is 12.7 Å². The third-order valence-electron chi connectivity index (χ3n) is 7.81. The van der Waals surface area contributed by atoms with E-state index in [-0.39, 0.29) is 6.04 Å². The number of H-pyrrole nitrogens is 1. The van der Waals surface area contributed by atoms with Crippen molar-refractivity contribution in [1.82, 2.24) is 9.88 Å².